The Kier molecular flexibility index (Phi) is 4.53. The zero-order chi connectivity index (χ0) is 17.9. The Morgan fingerprint density at radius 3 is 3.15 bits per heavy atom. The van der Waals surface area contributed by atoms with Crippen LogP contribution in [0.3, 0.4) is 0 Å². The van der Waals surface area contributed by atoms with Gasteiger partial charge in [-0.25, -0.2) is 9.97 Å². The number of hydrogen-bond acceptors (Lipinski definition) is 6. The molecule has 4 rings (SSSR count). The lowest BCUT2D eigenvalue weighted by Gasteiger charge is -2.08. The minimum atomic E-state index is -0.156. The van der Waals surface area contributed by atoms with Crippen LogP contribution in [-0.2, 0) is 19.6 Å². The van der Waals surface area contributed by atoms with Crippen molar-refractivity contribution >= 4 is 5.95 Å². The van der Waals surface area contributed by atoms with Crippen LogP contribution >= 0.6 is 0 Å². The normalized spacial score (nSPS) is 14.0. The van der Waals surface area contributed by atoms with E-state index < -0.39 is 0 Å². The smallest absolute Gasteiger partial charge is 0.252 e. The molecule has 1 aliphatic heterocycles. The maximum absolute atomic E-state index is 11.5. The maximum atomic E-state index is 11.5. The second-order valence-electron chi connectivity index (χ2n) is 6.38. The van der Waals surface area contributed by atoms with E-state index in [9.17, 15) is 4.79 Å². The fourth-order valence-electron chi connectivity index (χ4n) is 3.15. The molecule has 4 heterocycles. The molecule has 0 radical (unpaired) electrons. The fraction of sp³-hybridized carbons (Fsp3) is 0.412. The molecule has 26 heavy (non-hydrogen) atoms. The number of aromatic amines is 1. The molecule has 3 aromatic heterocycles. The van der Waals surface area contributed by atoms with E-state index in [2.05, 4.69) is 40.9 Å². The fourth-order valence-corrected chi connectivity index (χ4v) is 3.15. The van der Waals surface area contributed by atoms with Crippen molar-refractivity contribution in [3.63, 3.8) is 0 Å². The van der Waals surface area contributed by atoms with Crippen LogP contribution in [0, 0.1) is 6.92 Å². The van der Waals surface area contributed by atoms with Crippen molar-refractivity contribution in [2.75, 3.05) is 18.4 Å². The Morgan fingerprint density at radius 1 is 1.35 bits per heavy atom. The quantitative estimate of drug-likeness (QED) is 0.624. The van der Waals surface area contributed by atoms with Gasteiger partial charge in [-0.1, -0.05) is 0 Å². The Bertz CT molecular complexity index is 930. The topological polar surface area (TPSA) is 105 Å². The summed E-state index contributed by atoms with van der Waals surface area (Å²) in [5, 5.41) is 11.3. The van der Waals surface area contributed by atoms with Crippen LogP contribution in [0.25, 0.3) is 11.5 Å². The zero-order valence-electron chi connectivity index (χ0n) is 14.7. The van der Waals surface area contributed by atoms with E-state index in [1.807, 2.05) is 6.20 Å². The van der Waals surface area contributed by atoms with E-state index in [-0.39, 0.29) is 5.56 Å². The summed E-state index contributed by atoms with van der Waals surface area (Å²) in [6, 6.07) is 3.57. The Labute approximate surface area is 150 Å². The van der Waals surface area contributed by atoms with Gasteiger partial charge in [0.05, 0.1) is 5.69 Å². The summed E-state index contributed by atoms with van der Waals surface area (Å²) in [5.41, 5.74) is 2.60. The van der Waals surface area contributed by atoms with Crippen molar-refractivity contribution in [1.82, 2.24) is 34.6 Å². The van der Waals surface area contributed by atoms with E-state index in [1.54, 1.807) is 13.1 Å². The zero-order valence-corrected chi connectivity index (χ0v) is 14.7. The number of rotatable bonds is 5. The minimum Gasteiger partial charge on any atom is -0.354 e. The van der Waals surface area contributed by atoms with Gasteiger partial charge >= 0.3 is 0 Å². The highest BCUT2D eigenvalue weighted by Gasteiger charge is 2.15. The number of nitrogens with one attached hydrogen (secondary N) is 3. The van der Waals surface area contributed by atoms with Gasteiger partial charge in [0.2, 0.25) is 5.95 Å². The van der Waals surface area contributed by atoms with E-state index in [1.165, 1.54) is 11.8 Å². The highest BCUT2D eigenvalue weighted by atomic mass is 16.1. The van der Waals surface area contributed by atoms with Crippen LogP contribution in [0.2, 0.25) is 0 Å². The van der Waals surface area contributed by atoms with E-state index in [0.717, 1.165) is 37.6 Å². The number of anilines is 1. The molecular weight excluding hydrogens is 332 g/mol. The predicted octanol–water partition coefficient (Wildman–Crippen LogP) is 0.744. The van der Waals surface area contributed by atoms with Crippen LogP contribution < -0.4 is 16.2 Å². The van der Waals surface area contributed by atoms with Crippen molar-refractivity contribution in [2.45, 2.75) is 33.0 Å². The largest absolute Gasteiger partial charge is 0.354 e. The Hall–Kier alpha value is -2.94. The summed E-state index contributed by atoms with van der Waals surface area (Å²) in [7, 11) is 0. The van der Waals surface area contributed by atoms with Gasteiger partial charge in [-0.05, 0) is 26.0 Å². The third kappa shape index (κ3) is 3.52. The molecule has 136 valence electrons. The van der Waals surface area contributed by atoms with Crippen LogP contribution in [0.1, 0.15) is 17.8 Å². The van der Waals surface area contributed by atoms with Crippen LogP contribution in [-0.4, -0.2) is 42.4 Å². The number of hydrogen-bond donors (Lipinski definition) is 3. The van der Waals surface area contributed by atoms with Crippen molar-refractivity contribution in [3.8, 4) is 11.5 Å². The van der Waals surface area contributed by atoms with Gasteiger partial charge in [-0.3, -0.25) is 14.5 Å². The number of fused-ring (bicyclic) bond motifs is 1. The summed E-state index contributed by atoms with van der Waals surface area (Å²) in [6.07, 6.45) is 4.80. The number of aryl methyl sites for hydroxylation is 2. The van der Waals surface area contributed by atoms with Crippen LogP contribution in [0.4, 0.5) is 5.95 Å². The highest BCUT2D eigenvalue weighted by molar-refractivity contribution is 5.50. The van der Waals surface area contributed by atoms with Crippen LogP contribution in [0.5, 0.6) is 0 Å². The minimum absolute atomic E-state index is 0.156. The first-order chi connectivity index (χ1) is 12.7. The summed E-state index contributed by atoms with van der Waals surface area (Å²) in [4.78, 5) is 22.9. The lowest BCUT2D eigenvalue weighted by atomic mass is 10.3. The predicted molar refractivity (Wildman–Crippen MR) is 97.9 cm³/mol. The molecule has 0 saturated carbocycles. The van der Waals surface area contributed by atoms with Crippen molar-refractivity contribution in [3.05, 3.63) is 46.3 Å². The Balaban J connectivity index is 1.46. The van der Waals surface area contributed by atoms with Gasteiger partial charge < -0.3 is 15.2 Å². The highest BCUT2D eigenvalue weighted by Crippen LogP contribution is 2.19. The SMILES string of the molecule is Cc1cc(=O)[nH]c(NCCn2ccnc2-c2cc3n(n2)CCCNC3)n1. The lowest BCUT2D eigenvalue weighted by molar-refractivity contribution is 0.587. The monoisotopic (exact) mass is 354 g/mol. The van der Waals surface area contributed by atoms with Crippen molar-refractivity contribution in [1.29, 1.82) is 0 Å². The first kappa shape index (κ1) is 16.5. The second-order valence-corrected chi connectivity index (χ2v) is 6.38. The van der Waals surface area contributed by atoms with E-state index >= 15 is 0 Å². The summed E-state index contributed by atoms with van der Waals surface area (Å²) < 4.78 is 4.12. The van der Waals surface area contributed by atoms with Gasteiger partial charge in [-0.2, -0.15) is 5.10 Å². The maximum Gasteiger partial charge on any atom is 0.252 e. The average molecular weight is 354 g/mol. The summed E-state index contributed by atoms with van der Waals surface area (Å²) in [6.45, 7) is 5.89. The number of aromatic nitrogens is 6. The lowest BCUT2D eigenvalue weighted by Crippen LogP contribution is -2.16. The molecule has 0 atom stereocenters. The molecule has 9 nitrogen and oxygen atoms in total. The van der Waals surface area contributed by atoms with Crippen molar-refractivity contribution < 1.29 is 0 Å². The summed E-state index contributed by atoms with van der Waals surface area (Å²) >= 11 is 0. The first-order valence-electron chi connectivity index (χ1n) is 8.80. The average Bonchev–Trinajstić information content (AvgIpc) is 3.16. The molecule has 0 spiro atoms. The number of imidazole rings is 1. The Morgan fingerprint density at radius 2 is 2.27 bits per heavy atom. The van der Waals surface area contributed by atoms with Gasteiger partial charge in [-0.15, -0.1) is 0 Å². The van der Waals surface area contributed by atoms with Crippen molar-refractivity contribution in [2.24, 2.45) is 0 Å². The molecular formula is C17H22N8O. The third-order valence-corrected chi connectivity index (χ3v) is 4.35. The summed E-state index contributed by atoms with van der Waals surface area (Å²) in [5.74, 6) is 1.33. The molecule has 3 N–H and O–H groups in total. The van der Waals surface area contributed by atoms with Crippen LogP contribution in [0.15, 0.2) is 29.3 Å². The molecule has 0 saturated heterocycles. The molecule has 0 fully saturated rings. The van der Waals surface area contributed by atoms with E-state index in [4.69, 9.17) is 5.10 Å². The van der Waals surface area contributed by atoms with E-state index in [0.29, 0.717) is 24.7 Å². The molecule has 0 aromatic carbocycles. The first-order valence-corrected chi connectivity index (χ1v) is 8.80. The third-order valence-electron chi connectivity index (χ3n) is 4.35. The molecule has 3 aromatic rings. The molecule has 0 bridgehead atoms. The molecule has 0 amide bonds. The molecule has 1 aliphatic rings. The van der Waals surface area contributed by atoms with Gasteiger partial charge in [0.25, 0.3) is 5.56 Å². The molecule has 9 heteroatoms. The number of nitrogens with zero attached hydrogens (tertiary/aromatic N) is 5. The van der Waals surface area contributed by atoms with Gasteiger partial charge in [0, 0.05) is 50.3 Å². The van der Waals surface area contributed by atoms with Gasteiger partial charge in [0.15, 0.2) is 5.82 Å². The molecule has 0 aliphatic carbocycles. The number of H-pyrrole nitrogens is 1. The molecule has 0 unspecified atom stereocenters. The standard InChI is InChI=1S/C17H22N8O/c1-12-9-15(26)22-17(21-12)20-5-8-24-7-4-19-16(24)14-10-13-11-18-3-2-6-25(13)23-14/h4,7,9-10,18H,2-3,5-6,8,11H2,1H3,(H2,20,21,22,26). The second kappa shape index (κ2) is 7.12. The van der Waals surface area contributed by atoms with Gasteiger partial charge in [0.1, 0.15) is 5.69 Å².